The summed E-state index contributed by atoms with van der Waals surface area (Å²) >= 11 is 0. The monoisotopic (exact) mass is 444 g/mol. The van der Waals surface area contributed by atoms with Gasteiger partial charge in [-0.25, -0.2) is 4.79 Å². The van der Waals surface area contributed by atoms with Gasteiger partial charge in [0.25, 0.3) is 0 Å². The van der Waals surface area contributed by atoms with Crippen molar-refractivity contribution in [1.82, 2.24) is 5.32 Å². The minimum Gasteiger partial charge on any atom is -0.329 e. The van der Waals surface area contributed by atoms with E-state index in [1.807, 2.05) is 61.5 Å². The van der Waals surface area contributed by atoms with E-state index in [0.29, 0.717) is 11.4 Å². The Labute approximate surface area is 194 Å². The number of nitrogens with zero attached hydrogens (tertiary/aromatic N) is 2. The Hall–Kier alpha value is -4.13. The maximum atomic E-state index is 13.0. The molecule has 0 radical (unpaired) electrons. The number of nitrogens with one attached hydrogen (secondary N) is 2. The first kappa shape index (κ1) is 23.5. The van der Waals surface area contributed by atoms with Gasteiger partial charge in [0.1, 0.15) is 6.54 Å². The van der Waals surface area contributed by atoms with Crippen molar-refractivity contribution in [3.63, 3.8) is 0 Å². The SMILES string of the molecule is CCc1cccc(NC(=O)NCC(=O)N(CC(=O)N(C)c2ccccc2)c2ccccc2)c1. The van der Waals surface area contributed by atoms with Crippen molar-refractivity contribution in [3.8, 4) is 0 Å². The van der Waals surface area contributed by atoms with E-state index in [9.17, 15) is 14.4 Å². The quantitative estimate of drug-likeness (QED) is 0.550. The van der Waals surface area contributed by atoms with E-state index in [2.05, 4.69) is 10.6 Å². The summed E-state index contributed by atoms with van der Waals surface area (Å²) in [5, 5.41) is 5.32. The third kappa shape index (κ3) is 6.67. The summed E-state index contributed by atoms with van der Waals surface area (Å²) in [6, 6.07) is 25.2. The molecule has 3 rings (SSSR count). The van der Waals surface area contributed by atoms with Gasteiger partial charge in [-0.05, 0) is 48.4 Å². The standard InChI is InChI=1S/C26H28N4O3/c1-3-20-11-10-12-21(17-20)28-26(33)27-18-24(31)30(23-15-8-5-9-16-23)19-25(32)29(2)22-13-6-4-7-14-22/h4-17H,3,18-19H2,1-2H3,(H2,27,28,33). The van der Waals surface area contributed by atoms with Gasteiger partial charge in [-0.1, -0.05) is 55.5 Å². The van der Waals surface area contributed by atoms with Gasteiger partial charge in [-0.2, -0.15) is 0 Å². The molecule has 4 amide bonds. The number of para-hydroxylation sites is 2. The number of benzene rings is 3. The molecule has 3 aromatic rings. The summed E-state index contributed by atoms with van der Waals surface area (Å²) in [5.41, 5.74) is 3.06. The van der Waals surface area contributed by atoms with Crippen LogP contribution in [0.15, 0.2) is 84.9 Å². The second-order valence-corrected chi connectivity index (χ2v) is 7.47. The van der Waals surface area contributed by atoms with Crippen LogP contribution in [0.1, 0.15) is 12.5 Å². The molecular weight excluding hydrogens is 416 g/mol. The van der Waals surface area contributed by atoms with Crippen LogP contribution in [-0.4, -0.2) is 38.0 Å². The predicted molar refractivity (Wildman–Crippen MR) is 131 cm³/mol. The number of amides is 4. The molecule has 0 bridgehead atoms. The van der Waals surface area contributed by atoms with Gasteiger partial charge in [0, 0.05) is 24.1 Å². The highest BCUT2D eigenvalue weighted by Crippen LogP contribution is 2.16. The summed E-state index contributed by atoms with van der Waals surface area (Å²) in [6.07, 6.45) is 0.854. The van der Waals surface area contributed by atoms with Gasteiger partial charge in [0.2, 0.25) is 11.8 Å². The van der Waals surface area contributed by atoms with Crippen LogP contribution in [0.3, 0.4) is 0 Å². The normalized spacial score (nSPS) is 10.2. The smallest absolute Gasteiger partial charge is 0.319 e. The van der Waals surface area contributed by atoms with Crippen molar-refractivity contribution < 1.29 is 14.4 Å². The Morgan fingerprint density at radius 2 is 1.42 bits per heavy atom. The van der Waals surface area contributed by atoms with E-state index in [1.165, 1.54) is 9.80 Å². The molecule has 0 saturated carbocycles. The molecule has 0 saturated heterocycles. The van der Waals surface area contributed by atoms with Gasteiger partial charge >= 0.3 is 6.03 Å². The number of anilines is 3. The molecule has 0 aliphatic rings. The van der Waals surface area contributed by atoms with Crippen LogP contribution in [0.2, 0.25) is 0 Å². The minimum absolute atomic E-state index is 0.157. The summed E-state index contributed by atoms with van der Waals surface area (Å²) in [5.74, 6) is -0.646. The van der Waals surface area contributed by atoms with Crippen LogP contribution in [0.5, 0.6) is 0 Å². The first-order chi connectivity index (χ1) is 16.0. The molecule has 0 aliphatic carbocycles. The van der Waals surface area contributed by atoms with E-state index in [-0.39, 0.29) is 19.0 Å². The molecule has 170 valence electrons. The number of carbonyl (C=O) groups is 3. The largest absolute Gasteiger partial charge is 0.329 e. The average Bonchev–Trinajstić information content (AvgIpc) is 2.86. The zero-order valence-corrected chi connectivity index (χ0v) is 18.8. The predicted octanol–water partition coefficient (Wildman–Crippen LogP) is 4.07. The van der Waals surface area contributed by atoms with Crippen molar-refractivity contribution in [3.05, 3.63) is 90.5 Å². The third-order valence-electron chi connectivity index (χ3n) is 5.17. The minimum atomic E-state index is -0.489. The molecule has 33 heavy (non-hydrogen) atoms. The molecule has 7 nitrogen and oxygen atoms in total. The van der Waals surface area contributed by atoms with Crippen LogP contribution in [0.25, 0.3) is 0 Å². The fourth-order valence-electron chi connectivity index (χ4n) is 3.26. The van der Waals surface area contributed by atoms with Gasteiger partial charge in [-0.3, -0.25) is 9.59 Å². The van der Waals surface area contributed by atoms with Crippen molar-refractivity contribution >= 4 is 34.9 Å². The van der Waals surface area contributed by atoms with Gasteiger partial charge in [-0.15, -0.1) is 0 Å². The molecule has 0 unspecified atom stereocenters. The van der Waals surface area contributed by atoms with Crippen LogP contribution in [0.4, 0.5) is 21.9 Å². The lowest BCUT2D eigenvalue weighted by molar-refractivity contribution is -0.121. The molecule has 0 spiro atoms. The van der Waals surface area contributed by atoms with E-state index in [1.54, 1.807) is 37.4 Å². The van der Waals surface area contributed by atoms with Crippen molar-refractivity contribution in [2.75, 3.05) is 35.3 Å². The molecular formula is C26H28N4O3. The Morgan fingerprint density at radius 3 is 2.06 bits per heavy atom. The summed E-state index contributed by atoms with van der Waals surface area (Å²) < 4.78 is 0. The lowest BCUT2D eigenvalue weighted by Crippen LogP contribution is -2.46. The number of urea groups is 1. The van der Waals surface area contributed by atoms with Gasteiger partial charge in [0.15, 0.2) is 0 Å². The van der Waals surface area contributed by atoms with Crippen molar-refractivity contribution in [2.45, 2.75) is 13.3 Å². The fraction of sp³-hybridized carbons (Fsp3) is 0.192. The van der Waals surface area contributed by atoms with Gasteiger partial charge in [0.05, 0.1) is 6.54 Å². The summed E-state index contributed by atoms with van der Waals surface area (Å²) in [6.45, 7) is 1.62. The molecule has 3 aromatic carbocycles. The number of rotatable bonds is 8. The van der Waals surface area contributed by atoms with Crippen LogP contribution in [-0.2, 0) is 16.0 Å². The van der Waals surface area contributed by atoms with Crippen LogP contribution in [0, 0.1) is 0 Å². The number of carbonyl (C=O) groups excluding carboxylic acids is 3. The number of aryl methyl sites for hydroxylation is 1. The molecule has 0 heterocycles. The fourth-order valence-corrected chi connectivity index (χ4v) is 3.26. The van der Waals surface area contributed by atoms with Crippen molar-refractivity contribution in [2.24, 2.45) is 0 Å². The second kappa shape index (κ2) is 11.5. The van der Waals surface area contributed by atoms with E-state index in [4.69, 9.17) is 0 Å². The highest BCUT2D eigenvalue weighted by molar-refractivity contribution is 6.05. The Morgan fingerprint density at radius 1 is 0.788 bits per heavy atom. The number of hydrogen-bond acceptors (Lipinski definition) is 3. The summed E-state index contributed by atoms with van der Waals surface area (Å²) in [4.78, 5) is 41.1. The lowest BCUT2D eigenvalue weighted by atomic mass is 10.1. The highest BCUT2D eigenvalue weighted by atomic mass is 16.2. The zero-order chi connectivity index (χ0) is 23.6. The number of likely N-dealkylation sites (N-methyl/N-ethyl adjacent to an activating group) is 1. The Kier molecular flexibility index (Phi) is 8.18. The Bertz CT molecular complexity index is 1090. The highest BCUT2D eigenvalue weighted by Gasteiger charge is 2.22. The maximum absolute atomic E-state index is 13.0. The van der Waals surface area contributed by atoms with E-state index < -0.39 is 11.9 Å². The summed E-state index contributed by atoms with van der Waals surface area (Å²) in [7, 11) is 1.67. The first-order valence-electron chi connectivity index (χ1n) is 10.8. The lowest BCUT2D eigenvalue weighted by Gasteiger charge is -2.25. The molecule has 2 N–H and O–H groups in total. The molecule has 0 fully saturated rings. The van der Waals surface area contributed by atoms with E-state index in [0.717, 1.165) is 17.7 Å². The van der Waals surface area contributed by atoms with Crippen LogP contribution < -0.4 is 20.4 Å². The second-order valence-electron chi connectivity index (χ2n) is 7.47. The molecule has 7 heteroatoms. The first-order valence-corrected chi connectivity index (χ1v) is 10.8. The topological polar surface area (TPSA) is 81.8 Å². The van der Waals surface area contributed by atoms with Gasteiger partial charge < -0.3 is 20.4 Å². The molecule has 0 aliphatic heterocycles. The zero-order valence-electron chi connectivity index (χ0n) is 18.8. The molecule has 0 aromatic heterocycles. The van der Waals surface area contributed by atoms with Crippen LogP contribution >= 0.6 is 0 Å². The molecule has 0 atom stereocenters. The average molecular weight is 445 g/mol. The van der Waals surface area contributed by atoms with Crippen molar-refractivity contribution in [1.29, 1.82) is 0 Å². The Balaban J connectivity index is 1.65. The third-order valence-corrected chi connectivity index (χ3v) is 5.17. The maximum Gasteiger partial charge on any atom is 0.319 e. The number of hydrogen-bond donors (Lipinski definition) is 2. The van der Waals surface area contributed by atoms with E-state index >= 15 is 0 Å².